The monoisotopic (exact) mass is 343 g/mol. The number of rotatable bonds is 3. The maximum Gasteiger partial charge on any atom is 0.223 e. The van der Waals surface area contributed by atoms with Crippen LogP contribution in [-0.4, -0.2) is 9.97 Å². The minimum Gasteiger partial charge on any atom is -0.466 e. The second-order valence-electron chi connectivity index (χ2n) is 3.96. The number of aryl methyl sites for hydroxylation is 2. The third-order valence-electron chi connectivity index (χ3n) is 2.51. The van der Waals surface area contributed by atoms with Crippen molar-refractivity contribution in [2.75, 3.05) is 5.32 Å². The fourth-order valence-corrected chi connectivity index (χ4v) is 2.02. The molecule has 0 aromatic carbocycles. The van der Waals surface area contributed by atoms with Crippen molar-refractivity contribution in [3.8, 4) is 0 Å². The third kappa shape index (κ3) is 2.96. The number of hydrogen-bond donors (Lipinski definition) is 1. The average Bonchev–Trinajstić information content (AvgIpc) is 2.61. The van der Waals surface area contributed by atoms with Gasteiger partial charge in [-0.1, -0.05) is 0 Å². The first-order chi connectivity index (χ1) is 8.06. The summed E-state index contributed by atoms with van der Waals surface area (Å²) in [7, 11) is 0. The van der Waals surface area contributed by atoms with Crippen LogP contribution >= 0.6 is 22.6 Å². The van der Waals surface area contributed by atoms with Gasteiger partial charge in [-0.25, -0.2) is 9.97 Å². The summed E-state index contributed by atoms with van der Waals surface area (Å²) in [6.45, 7) is 5.98. The molecule has 1 N–H and O–H groups in total. The Hall–Kier alpha value is -1.11. The van der Waals surface area contributed by atoms with E-state index in [1.807, 2.05) is 19.9 Å². The van der Waals surface area contributed by atoms with E-state index in [2.05, 4.69) is 44.8 Å². The van der Waals surface area contributed by atoms with Crippen LogP contribution in [0.15, 0.2) is 22.9 Å². The van der Waals surface area contributed by atoms with E-state index in [0.717, 1.165) is 20.7 Å². The predicted molar refractivity (Wildman–Crippen MR) is 75.0 cm³/mol. The summed E-state index contributed by atoms with van der Waals surface area (Å²) in [5.41, 5.74) is 1.14. The number of furan rings is 1. The Bertz CT molecular complexity index is 507. The van der Waals surface area contributed by atoms with Crippen molar-refractivity contribution in [3.63, 3.8) is 0 Å². The summed E-state index contributed by atoms with van der Waals surface area (Å²) in [6, 6.07) is 2.17. The zero-order valence-electron chi connectivity index (χ0n) is 9.99. The van der Waals surface area contributed by atoms with Crippen LogP contribution in [0.1, 0.15) is 30.0 Å². The summed E-state index contributed by atoms with van der Waals surface area (Å²) < 4.78 is 6.53. The molecule has 0 bridgehead atoms. The minimum atomic E-state index is 0.132. The molecule has 0 fully saturated rings. The zero-order valence-corrected chi connectivity index (χ0v) is 12.1. The highest BCUT2D eigenvalue weighted by Gasteiger charge is 2.13. The van der Waals surface area contributed by atoms with Crippen LogP contribution in [0.4, 0.5) is 5.95 Å². The topological polar surface area (TPSA) is 51.0 Å². The van der Waals surface area contributed by atoms with E-state index < -0.39 is 0 Å². The average molecular weight is 343 g/mol. The first kappa shape index (κ1) is 12.3. The third-order valence-corrected chi connectivity index (χ3v) is 3.07. The fourth-order valence-electron chi connectivity index (χ4n) is 1.74. The number of aromatic nitrogens is 2. The quantitative estimate of drug-likeness (QED) is 0.868. The molecule has 2 aromatic rings. The van der Waals surface area contributed by atoms with Gasteiger partial charge in [-0.05, 0) is 49.4 Å². The molecule has 0 aliphatic carbocycles. The van der Waals surface area contributed by atoms with Gasteiger partial charge in [0.2, 0.25) is 5.95 Å². The molecule has 0 radical (unpaired) electrons. The van der Waals surface area contributed by atoms with Crippen molar-refractivity contribution in [2.45, 2.75) is 26.8 Å². The van der Waals surface area contributed by atoms with Crippen molar-refractivity contribution in [3.05, 3.63) is 39.1 Å². The van der Waals surface area contributed by atoms with Gasteiger partial charge in [0, 0.05) is 21.5 Å². The summed E-state index contributed by atoms with van der Waals surface area (Å²) >= 11 is 2.18. The van der Waals surface area contributed by atoms with Crippen LogP contribution in [0.25, 0.3) is 0 Å². The van der Waals surface area contributed by atoms with Gasteiger partial charge in [-0.15, -0.1) is 0 Å². The van der Waals surface area contributed by atoms with Crippen LogP contribution in [0.3, 0.4) is 0 Å². The number of nitrogens with zero attached hydrogens (tertiary/aromatic N) is 2. The molecule has 0 saturated heterocycles. The highest BCUT2D eigenvalue weighted by molar-refractivity contribution is 14.1. The van der Waals surface area contributed by atoms with Gasteiger partial charge in [-0.3, -0.25) is 0 Å². The molecule has 4 nitrogen and oxygen atoms in total. The smallest absolute Gasteiger partial charge is 0.223 e. The van der Waals surface area contributed by atoms with Crippen molar-refractivity contribution in [1.82, 2.24) is 9.97 Å². The Morgan fingerprint density at radius 3 is 2.47 bits per heavy atom. The normalized spacial score (nSPS) is 12.5. The first-order valence-corrected chi connectivity index (χ1v) is 6.45. The Morgan fingerprint density at radius 1 is 1.29 bits per heavy atom. The summed E-state index contributed by atoms with van der Waals surface area (Å²) in [5, 5.41) is 3.25. The highest BCUT2D eigenvalue weighted by atomic mass is 127. The molecule has 0 saturated carbocycles. The van der Waals surface area contributed by atoms with Crippen molar-refractivity contribution >= 4 is 28.5 Å². The number of hydrogen-bond acceptors (Lipinski definition) is 4. The number of anilines is 1. The number of nitrogens with one attached hydrogen (secondary N) is 1. The Kier molecular flexibility index (Phi) is 3.66. The molecular formula is C12H14IN3O. The van der Waals surface area contributed by atoms with E-state index in [1.54, 1.807) is 12.4 Å². The van der Waals surface area contributed by atoms with Crippen LogP contribution < -0.4 is 5.32 Å². The van der Waals surface area contributed by atoms with E-state index >= 15 is 0 Å². The zero-order chi connectivity index (χ0) is 12.4. The van der Waals surface area contributed by atoms with Gasteiger partial charge in [0.1, 0.15) is 11.5 Å². The maximum absolute atomic E-state index is 5.51. The van der Waals surface area contributed by atoms with Crippen molar-refractivity contribution in [1.29, 1.82) is 0 Å². The van der Waals surface area contributed by atoms with E-state index in [4.69, 9.17) is 4.42 Å². The SMILES string of the molecule is Cc1cc(C(C)Nc2ncc(I)cn2)c(C)o1. The van der Waals surface area contributed by atoms with Gasteiger partial charge in [0.05, 0.1) is 6.04 Å². The van der Waals surface area contributed by atoms with Gasteiger partial charge >= 0.3 is 0 Å². The lowest BCUT2D eigenvalue weighted by Gasteiger charge is -2.12. The molecule has 2 rings (SSSR count). The molecule has 5 heteroatoms. The molecule has 0 aliphatic rings. The first-order valence-electron chi connectivity index (χ1n) is 5.37. The second kappa shape index (κ2) is 5.03. The largest absolute Gasteiger partial charge is 0.466 e. The van der Waals surface area contributed by atoms with Crippen molar-refractivity contribution < 1.29 is 4.42 Å². The van der Waals surface area contributed by atoms with Crippen LogP contribution in [-0.2, 0) is 0 Å². The fraction of sp³-hybridized carbons (Fsp3) is 0.333. The Labute approximate surface area is 114 Å². The van der Waals surface area contributed by atoms with Crippen molar-refractivity contribution in [2.24, 2.45) is 0 Å². The number of halogens is 1. The molecule has 1 atom stereocenters. The molecule has 1 unspecified atom stereocenters. The Balaban J connectivity index is 2.14. The van der Waals surface area contributed by atoms with E-state index in [1.165, 1.54) is 0 Å². The van der Waals surface area contributed by atoms with Crippen LogP contribution in [0.2, 0.25) is 0 Å². The molecule has 0 aliphatic heterocycles. The van der Waals surface area contributed by atoms with E-state index in [9.17, 15) is 0 Å². The minimum absolute atomic E-state index is 0.132. The van der Waals surface area contributed by atoms with Gasteiger partial charge in [0.15, 0.2) is 0 Å². The lowest BCUT2D eigenvalue weighted by molar-refractivity contribution is 0.499. The van der Waals surface area contributed by atoms with E-state index in [-0.39, 0.29) is 6.04 Å². The molecule has 0 spiro atoms. The van der Waals surface area contributed by atoms with Crippen LogP contribution in [0.5, 0.6) is 0 Å². The molecule has 2 heterocycles. The molecule has 17 heavy (non-hydrogen) atoms. The maximum atomic E-state index is 5.51. The summed E-state index contributed by atoms with van der Waals surface area (Å²) in [4.78, 5) is 8.44. The highest BCUT2D eigenvalue weighted by Crippen LogP contribution is 2.23. The molecule has 90 valence electrons. The predicted octanol–water partition coefficient (Wildman–Crippen LogP) is 3.46. The van der Waals surface area contributed by atoms with Gasteiger partial charge < -0.3 is 9.73 Å². The van der Waals surface area contributed by atoms with Gasteiger partial charge in [0.25, 0.3) is 0 Å². The lowest BCUT2D eigenvalue weighted by Crippen LogP contribution is -2.09. The molecule has 0 amide bonds. The van der Waals surface area contributed by atoms with Crippen LogP contribution in [0, 0.1) is 17.4 Å². The summed E-state index contributed by atoms with van der Waals surface area (Å²) in [6.07, 6.45) is 3.58. The molecule has 2 aromatic heterocycles. The second-order valence-corrected chi connectivity index (χ2v) is 5.21. The Morgan fingerprint density at radius 2 is 1.94 bits per heavy atom. The summed E-state index contributed by atoms with van der Waals surface area (Å²) in [5.74, 6) is 2.50. The lowest BCUT2D eigenvalue weighted by atomic mass is 10.1. The van der Waals surface area contributed by atoms with E-state index in [0.29, 0.717) is 5.95 Å². The molecular weight excluding hydrogens is 329 g/mol. The standard InChI is InChI=1S/C12H14IN3O/c1-7-4-11(9(3)17-7)8(2)16-12-14-5-10(13)6-15-12/h4-6,8H,1-3H3,(H,14,15,16). The van der Waals surface area contributed by atoms with Gasteiger partial charge in [-0.2, -0.15) is 0 Å².